The van der Waals surface area contributed by atoms with Gasteiger partial charge in [0.1, 0.15) is 5.75 Å². The number of methoxy groups -OCH3 is 1. The van der Waals surface area contributed by atoms with Crippen molar-refractivity contribution in [3.8, 4) is 5.75 Å². The van der Waals surface area contributed by atoms with E-state index in [0.29, 0.717) is 13.1 Å². The van der Waals surface area contributed by atoms with Gasteiger partial charge in [-0.25, -0.2) is 4.98 Å². The highest BCUT2D eigenvalue weighted by molar-refractivity contribution is 7.11. The van der Waals surface area contributed by atoms with Crippen LogP contribution in [0.4, 0.5) is 5.69 Å². The Morgan fingerprint density at radius 3 is 2.79 bits per heavy atom. The molecule has 1 aliphatic rings. The molecule has 1 fully saturated rings. The molecule has 1 saturated heterocycles. The van der Waals surface area contributed by atoms with E-state index in [1.807, 2.05) is 31.2 Å². The van der Waals surface area contributed by atoms with Gasteiger partial charge in [-0.05, 0) is 31.2 Å². The van der Waals surface area contributed by atoms with Crippen LogP contribution in [0, 0.1) is 12.8 Å². The van der Waals surface area contributed by atoms with Gasteiger partial charge in [-0.15, -0.1) is 11.3 Å². The first-order valence-corrected chi connectivity index (χ1v) is 8.52. The quantitative estimate of drug-likeness (QED) is 0.901. The Bertz CT molecular complexity index is 742. The fraction of sp³-hybridized carbons (Fsp3) is 0.353. The Labute approximate surface area is 144 Å². The molecule has 0 spiro atoms. The lowest BCUT2D eigenvalue weighted by Crippen LogP contribution is -2.32. The second kappa shape index (κ2) is 7.00. The van der Waals surface area contributed by atoms with Crippen molar-refractivity contribution < 1.29 is 14.3 Å². The van der Waals surface area contributed by atoms with Gasteiger partial charge < -0.3 is 15.0 Å². The van der Waals surface area contributed by atoms with E-state index >= 15 is 0 Å². The molecular weight excluding hydrogens is 326 g/mol. The molecule has 1 aromatic carbocycles. The van der Waals surface area contributed by atoms with Gasteiger partial charge in [-0.3, -0.25) is 9.59 Å². The zero-order valence-electron chi connectivity index (χ0n) is 13.6. The summed E-state index contributed by atoms with van der Waals surface area (Å²) in [4.78, 5) is 31.4. The SMILES string of the molecule is COc1ccc(N2CC(C(=O)NCc3cnc(C)s3)CC2=O)cc1. The largest absolute Gasteiger partial charge is 0.497 e. The van der Waals surface area contributed by atoms with Gasteiger partial charge in [-0.1, -0.05) is 0 Å². The Hall–Kier alpha value is -2.41. The number of aryl methyl sites for hydroxylation is 1. The summed E-state index contributed by atoms with van der Waals surface area (Å²) in [7, 11) is 1.60. The average molecular weight is 345 g/mol. The van der Waals surface area contributed by atoms with Crippen molar-refractivity contribution in [3.63, 3.8) is 0 Å². The van der Waals surface area contributed by atoms with Crippen LogP contribution < -0.4 is 15.0 Å². The minimum absolute atomic E-state index is 0.0334. The van der Waals surface area contributed by atoms with Crippen LogP contribution in [-0.4, -0.2) is 30.5 Å². The molecule has 0 aliphatic carbocycles. The number of hydrogen-bond acceptors (Lipinski definition) is 5. The highest BCUT2D eigenvalue weighted by atomic mass is 32.1. The van der Waals surface area contributed by atoms with E-state index < -0.39 is 0 Å². The summed E-state index contributed by atoms with van der Waals surface area (Å²) >= 11 is 1.56. The third kappa shape index (κ3) is 3.56. The lowest BCUT2D eigenvalue weighted by atomic mass is 10.1. The topological polar surface area (TPSA) is 71.5 Å². The summed E-state index contributed by atoms with van der Waals surface area (Å²) in [6.07, 6.45) is 2.00. The van der Waals surface area contributed by atoms with Crippen LogP contribution in [0.5, 0.6) is 5.75 Å². The zero-order chi connectivity index (χ0) is 17.1. The standard InChI is InChI=1S/C17H19N3O3S/c1-11-18-8-15(24-11)9-19-17(22)12-7-16(21)20(10-12)13-3-5-14(23-2)6-4-13/h3-6,8,12H,7,9-10H2,1-2H3,(H,19,22). The number of anilines is 1. The number of ether oxygens (including phenoxy) is 1. The molecule has 0 saturated carbocycles. The Morgan fingerprint density at radius 1 is 1.42 bits per heavy atom. The van der Waals surface area contributed by atoms with Gasteiger partial charge in [0.2, 0.25) is 11.8 Å². The van der Waals surface area contributed by atoms with Crippen molar-refractivity contribution in [2.75, 3.05) is 18.6 Å². The number of aromatic nitrogens is 1. The first-order chi connectivity index (χ1) is 11.6. The minimum Gasteiger partial charge on any atom is -0.497 e. The molecule has 0 radical (unpaired) electrons. The number of carbonyl (C=O) groups is 2. The summed E-state index contributed by atoms with van der Waals surface area (Å²) in [5.41, 5.74) is 0.786. The lowest BCUT2D eigenvalue weighted by Gasteiger charge is -2.17. The molecular formula is C17H19N3O3S. The van der Waals surface area contributed by atoms with E-state index in [-0.39, 0.29) is 24.2 Å². The normalized spacial score (nSPS) is 17.2. The molecule has 3 rings (SSSR count). The van der Waals surface area contributed by atoms with E-state index in [1.165, 1.54) is 0 Å². The number of benzene rings is 1. The van der Waals surface area contributed by atoms with Crippen molar-refractivity contribution >= 4 is 28.8 Å². The van der Waals surface area contributed by atoms with Crippen LogP contribution in [0.2, 0.25) is 0 Å². The molecule has 2 aromatic rings. The van der Waals surface area contributed by atoms with Crippen molar-refractivity contribution in [1.82, 2.24) is 10.3 Å². The number of carbonyl (C=O) groups excluding carboxylic acids is 2. The Kier molecular flexibility index (Phi) is 4.80. The summed E-state index contributed by atoms with van der Waals surface area (Å²) in [5, 5.41) is 3.87. The van der Waals surface area contributed by atoms with Crippen molar-refractivity contribution in [2.24, 2.45) is 5.92 Å². The van der Waals surface area contributed by atoms with Crippen LogP contribution in [0.1, 0.15) is 16.3 Å². The first-order valence-electron chi connectivity index (χ1n) is 7.70. The molecule has 1 atom stereocenters. The molecule has 1 aliphatic heterocycles. The van der Waals surface area contributed by atoms with Gasteiger partial charge in [0, 0.05) is 29.7 Å². The molecule has 1 N–H and O–H groups in total. The predicted molar refractivity (Wildman–Crippen MR) is 92.2 cm³/mol. The fourth-order valence-electron chi connectivity index (χ4n) is 2.70. The van der Waals surface area contributed by atoms with Crippen LogP contribution >= 0.6 is 11.3 Å². The molecule has 126 valence electrons. The van der Waals surface area contributed by atoms with Gasteiger partial charge in [-0.2, -0.15) is 0 Å². The first kappa shape index (κ1) is 16.4. The molecule has 7 heteroatoms. The molecule has 0 bridgehead atoms. The third-order valence-electron chi connectivity index (χ3n) is 3.99. The van der Waals surface area contributed by atoms with Gasteiger partial charge in [0.15, 0.2) is 0 Å². The van der Waals surface area contributed by atoms with Crippen molar-refractivity contribution in [1.29, 1.82) is 0 Å². The maximum absolute atomic E-state index is 12.3. The van der Waals surface area contributed by atoms with Crippen LogP contribution in [0.3, 0.4) is 0 Å². The summed E-state index contributed by atoms with van der Waals surface area (Å²) in [6, 6.07) is 7.28. The zero-order valence-corrected chi connectivity index (χ0v) is 14.4. The number of amides is 2. The smallest absolute Gasteiger partial charge is 0.227 e. The van der Waals surface area contributed by atoms with Crippen LogP contribution in [0.15, 0.2) is 30.5 Å². The minimum atomic E-state index is -0.325. The average Bonchev–Trinajstić information content (AvgIpc) is 3.18. The summed E-state index contributed by atoms with van der Waals surface area (Å²) in [5.74, 6) is 0.285. The number of nitrogens with one attached hydrogen (secondary N) is 1. The van der Waals surface area contributed by atoms with Gasteiger partial charge in [0.05, 0.1) is 24.6 Å². The van der Waals surface area contributed by atoms with Crippen LogP contribution in [-0.2, 0) is 16.1 Å². The highest BCUT2D eigenvalue weighted by Crippen LogP contribution is 2.27. The van der Waals surface area contributed by atoms with Crippen molar-refractivity contribution in [2.45, 2.75) is 19.9 Å². The van der Waals surface area contributed by atoms with Crippen molar-refractivity contribution in [3.05, 3.63) is 40.3 Å². The number of nitrogens with zero attached hydrogens (tertiary/aromatic N) is 2. The maximum atomic E-state index is 12.3. The molecule has 6 nitrogen and oxygen atoms in total. The summed E-state index contributed by atoms with van der Waals surface area (Å²) in [6.45, 7) is 2.79. The number of thiazole rings is 1. The monoisotopic (exact) mass is 345 g/mol. The van der Waals surface area contributed by atoms with Gasteiger partial charge in [0.25, 0.3) is 0 Å². The fourth-order valence-corrected chi connectivity index (χ4v) is 3.44. The molecule has 2 heterocycles. The van der Waals surface area contributed by atoms with E-state index in [1.54, 1.807) is 29.5 Å². The van der Waals surface area contributed by atoms with E-state index in [4.69, 9.17) is 4.74 Å². The van der Waals surface area contributed by atoms with Gasteiger partial charge >= 0.3 is 0 Å². The van der Waals surface area contributed by atoms with E-state index in [0.717, 1.165) is 21.3 Å². The lowest BCUT2D eigenvalue weighted by molar-refractivity contribution is -0.126. The maximum Gasteiger partial charge on any atom is 0.227 e. The predicted octanol–water partition coefficient (Wildman–Crippen LogP) is 2.13. The molecule has 2 amide bonds. The second-order valence-electron chi connectivity index (χ2n) is 5.67. The van der Waals surface area contributed by atoms with E-state index in [2.05, 4.69) is 10.3 Å². The number of hydrogen-bond donors (Lipinski definition) is 1. The van der Waals surface area contributed by atoms with E-state index in [9.17, 15) is 9.59 Å². The Balaban J connectivity index is 1.59. The third-order valence-corrected chi connectivity index (χ3v) is 4.90. The molecule has 1 aromatic heterocycles. The number of rotatable bonds is 5. The summed E-state index contributed by atoms with van der Waals surface area (Å²) < 4.78 is 5.12. The molecule has 1 unspecified atom stereocenters. The Morgan fingerprint density at radius 2 is 2.17 bits per heavy atom. The highest BCUT2D eigenvalue weighted by Gasteiger charge is 2.35. The molecule has 24 heavy (non-hydrogen) atoms. The second-order valence-corrected chi connectivity index (χ2v) is 6.99. The van der Waals surface area contributed by atoms with Crippen LogP contribution in [0.25, 0.3) is 0 Å².